The Morgan fingerprint density at radius 3 is 3.12 bits per heavy atom. The second-order valence-electron chi connectivity index (χ2n) is 4.70. The van der Waals surface area contributed by atoms with Crippen LogP contribution in [-0.4, -0.2) is 40.1 Å². The molecule has 2 atom stereocenters. The van der Waals surface area contributed by atoms with Gasteiger partial charge in [0.25, 0.3) is 0 Å². The number of likely N-dealkylation sites (tertiary alicyclic amines) is 1. The van der Waals surface area contributed by atoms with Crippen LogP contribution < -0.4 is 0 Å². The first kappa shape index (κ1) is 12.0. The van der Waals surface area contributed by atoms with Crippen LogP contribution in [0.4, 0.5) is 0 Å². The van der Waals surface area contributed by atoms with Crippen molar-refractivity contribution in [3.8, 4) is 0 Å². The van der Waals surface area contributed by atoms with E-state index in [2.05, 4.69) is 9.88 Å². The van der Waals surface area contributed by atoms with Crippen LogP contribution in [0.25, 0.3) is 0 Å². The average molecular weight is 234 g/mol. The molecule has 1 fully saturated rings. The summed E-state index contributed by atoms with van der Waals surface area (Å²) in [5.41, 5.74) is 1.16. The lowest BCUT2D eigenvalue weighted by Crippen LogP contribution is -2.40. The number of aliphatic carboxylic acids is 1. The summed E-state index contributed by atoms with van der Waals surface area (Å²) >= 11 is 0. The van der Waals surface area contributed by atoms with E-state index in [0.29, 0.717) is 0 Å². The van der Waals surface area contributed by atoms with Gasteiger partial charge in [-0.3, -0.25) is 14.7 Å². The molecule has 1 aliphatic heterocycles. The number of carboxylic acid groups (broad SMARTS) is 1. The van der Waals surface area contributed by atoms with Crippen molar-refractivity contribution in [3.05, 3.63) is 30.1 Å². The molecule has 0 bridgehead atoms. The zero-order valence-electron chi connectivity index (χ0n) is 10.0. The van der Waals surface area contributed by atoms with Crippen molar-refractivity contribution < 1.29 is 9.90 Å². The molecule has 17 heavy (non-hydrogen) atoms. The second kappa shape index (κ2) is 5.27. The third kappa shape index (κ3) is 2.82. The van der Waals surface area contributed by atoms with Gasteiger partial charge < -0.3 is 5.11 Å². The van der Waals surface area contributed by atoms with Crippen LogP contribution in [-0.2, 0) is 11.2 Å². The fraction of sp³-hybridized carbons (Fsp3) is 0.538. The summed E-state index contributed by atoms with van der Waals surface area (Å²) in [6.07, 6.45) is 5.44. The van der Waals surface area contributed by atoms with Crippen LogP contribution in [0.1, 0.15) is 18.9 Å². The van der Waals surface area contributed by atoms with E-state index in [1.807, 2.05) is 25.3 Å². The van der Waals surface area contributed by atoms with E-state index >= 15 is 0 Å². The van der Waals surface area contributed by atoms with Crippen molar-refractivity contribution in [1.82, 2.24) is 9.88 Å². The molecular weight excluding hydrogens is 216 g/mol. The van der Waals surface area contributed by atoms with Gasteiger partial charge in [0, 0.05) is 18.9 Å². The van der Waals surface area contributed by atoms with E-state index in [9.17, 15) is 9.90 Å². The van der Waals surface area contributed by atoms with Crippen molar-refractivity contribution in [2.45, 2.75) is 25.8 Å². The largest absolute Gasteiger partial charge is 0.480 e. The monoisotopic (exact) mass is 234 g/mol. The SMILES string of the molecule is CC1CCN(CCc2cccnc2)C1C(=O)O. The number of pyridine rings is 1. The van der Waals surface area contributed by atoms with Crippen molar-refractivity contribution >= 4 is 5.97 Å². The maximum absolute atomic E-state index is 11.2. The molecule has 1 aromatic rings. The minimum absolute atomic E-state index is 0.251. The zero-order valence-corrected chi connectivity index (χ0v) is 10.0. The number of hydrogen-bond acceptors (Lipinski definition) is 3. The smallest absolute Gasteiger partial charge is 0.321 e. The first-order chi connectivity index (χ1) is 8.18. The summed E-state index contributed by atoms with van der Waals surface area (Å²) in [6, 6.07) is 3.63. The molecule has 4 heteroatoms. The van der Waals surface area contributed by atoms with Crippen LogP contribution in [0.15, 0.2) is 24.5 Å². The Hall–Kier alpha value is -1.42. The van der Waals surface area contributed by atoms with Gasteiger partial charge >= 0.3 is 5.97 Å². The van der Waals surface area contributed by atoms with Gasteiger partial charge in [-0.1, -0.05) is 13.0 Å². The van der Waals surface area contributed by atoms with Crippen LogP contribution in [0, 0.1) is 5.92 Å². The molecule has 0 saturated carbocycles. The maximum atomic E-state index is 11.2. The van der Waals surface area contributed by atoms with Crippen molar-refractivity contribution in [2.24, 2.45) is 5.92 Å². The standard InChI is InChI=1S/C13H18N2O2/c1-10-4-7-15(12(10)13(16)17)8-5-11-3-2-6-14-9-11/h2-3,6,9-10,12H,4-5,7-8H2,1H3,(H,16,17). The third-order valence-electron chi connectivity index (χ3n) is 3.47. The summed E-state index contributed by atoms with van der Waals surface area (Å²) in [7, 11) is 0. The van der Waals surface area contributed by atoms with Gasteiger partial charge in [-0.15, -0.1) is 0 Å². The molecule has 0 spiro atoms. The third-order valence-corrected chi connectivity index (χ3v) is 3.47. The maximum Gasteiger partial charge on any atom is 0.321 e. The van der Waals surface area contributed by atoms with Gasteiger partial charge in [0.15, 0.2) is 0 Å². The number of carbonyl (C=O) groups is 1. The molecule has 2 rings (SSSR count). The minimum Gasteiger partial charge on any atom is -0.480 e. The van der Waals surface area contributed by atoms with Gasteiger partial charge in [0.05, 0.1) is 0 Å². The Kier molecular flexibility index (Phi) is 3.74. The summed E-state index contributed by atoms with van der Waals surface area (Å²) in [6.45, 7) is 3.70. The Morgan fingerprint density at radius 1 is 1.65 bits per heavy atom. The van der Waals surface area contributed by atoms with Crippen LogP contribution in [0.2, 0.25) is 0 Å². The summed E-state index contributed by atoms with van der Waals surface area (Å²) in [4.78, 5) is 17.3. The Labute approximate surface area is 101 Å². The highest BCUT2D eigenvalue weighted by Gasteiger charge is 2.35. The highest BCUT2D eigenvalue weighted by Crippen LogP contribution is 2.24. The molecule has 0 aromatic carbocycles. The van der Waals surface area contributed by atoms with Crippen molar-refractivity contribution in [3.63, 3.8) is 0 Å². The number of carboxylic acids is 1. The summed E-state index contributed by atoms with van der Waals surface area (Å²) in [5, 5.41) is 9.20. The highest BCUT2D eigenvalue weighted by atomic mass is 16.4. The summed E-state index contributed by atoms with van der Waals surface area (Å²) in [5.74, 6) is -0.442. The molecule has 1 aromatic heterocycles. The molecule has 1 saturated heterocycles. The number of rotatable bonds is 4. The first-order valence-electron chi connectivity index (χ1n) is 6.04. The Bertz CT molecular complexity index is 380. The van der Waals surface area contributed by atoms with E-state index in [0.717, 1.165) is 31.5 Å². The predicted molar refractivity (Wildman–Crippen MR) is 64.7 cm³/mol. The van der Waals surface area contributed by atoms with E-state index in [-0.39, 0.29) is 12.0 Å². The lowest BCUT2D eigenvalue weighted by atomic mass is 10.0. The Balaban J connectivity index is 1.93. The lowest BCUT2D eigenvalue weighted by Gasteiger charge is -2.22. The normalized spacial score (nSPS) is 25.0. The molecule has 2 heterocycles. The van der Waals surface area contributed by atoms with Gasteiger partial charge in [-0.25, -0.2) is 0 Å². The molecule has 92 valence electrons. The molecule has 0 amide bonds. The molecule has 0 radical (unpaired) electrons. The molecular formula is C13H18N2O2. The van der Waals surface area contributed by atoms with Crippen molar-refractivity contribution in [1.29, 1.82) is 0 Å². The number of nitrogens with zero attached hydrogens (tertiary/aromatic N) is 2. The van der Waals surface area contributed by atoms with Crippen molar-refractivity contribution in [2.75, 3.05) is 13.1 Å². The average Bonchev–Trinajstić information content (AvgIpc) is 2.69. The molecule has 0 aliphatic carbocycles. The van der Waals surface area contributed by atoms with Gasteiger partial charge in [0.2, 0.25) is 0 Å². The Morgan fingerprint density at radius 2 is 2.47 bits per heavy atom. The zero-order chi connectivity index (χ0) is 12.3. The number of aromatic nitrogens is 1. The topological polar surface area (TPSA) is 53.4 Å². The van der Waals surface area contributed by atoms with Gasteiger partial charge in [-0.2, -0.15) is 0 Å². The molecule has 1 aliphatic rings. The quantitative estimate of drug-likeness (QED) is 0.856. The van der Waals surface area contributed by atoms with E-state index < -0.39 is 5.97 Å². The highest BCUT2D eigenvalue weighted by molar-refractivity contribution is 5.74. The van der Waals surface area contributed by atoms with E-state index in [1.165, 1.54) is 0 Å². The van der Waals surface area contributed by atoms with Crippen LogP contribution >= 0.6 is 0 Å². The second-order valence-corrected chi connectivity index (χ2v) is 4.70. The van der Waals surface area contributed by atoms with Gasteiger partial charge in [0.1, 0.15) is 6.04 Å². The molecule has 4 nitrogen and oxygen atoms in total. The molecule has 1 N–H and O–H groups in total. The first-order valence-corrected chi connectivity index (χ1v) is 6.04. The lowest BCUT2D eigenvalue weighted by molar-refractivity contribution is -0.143. The van der Waals surface area contributed by atoms with Crippen LogP contribution in [0.3, 0.4) is 0 Å². The van der Waals surface area contributed by atoms with E-state index in [1.54, 1.807) is 6.20 Å². The van der Waals surface area contributed by atoms with Gasteiger partial charge in [-0.05, 0) is 36.9 Å². The fourth-order valence-electron chi connectivity index (χ4n) is 2.50. The number of hydrogen-bond donors (Lipinski definition) is 1. The van der Waals surface area contributed by atoms with E-state index in [4.69, 9.17) is 0 Å². The molecule has 2 unspecified atom stereocenters. The fourth-order valence-corrected chi connectivity index (χ4v) is 2.50. The summed E-state index contributed by atoms with van der Waals surface area (Å²) < 4.78 is 0. The minimum atomic E-state index is -0.693. The van der Waals surface area contributed by atoms with Crippen LogP contribution in [0.5, 0.6) is 0 Å². The predicted octanol–water partition coefficient (Wildman–Crippen LogP) is 1.42.